The Labute approximate surface area is 133 Å². The van der Waals surface area contributed by atoms with Crippen LogP contribution in [0.5, 0.6) is 0 Å². The molecule has 4 nitrogen and oxygen atoms in total. The Bertz CT molecular complexity index is 570. The summed E-state index contributed by atoms with van der Waals surface area (Å²) in [4.78, 5) is 11.5. The van der Waals surface area contributed by atoms with Crippen LogP contribution in [-0.2, 0) is 6.42 Å². The van der Waals surface area contributed by atoms with Crippen LogP contribution in [0.15, 0.2) is 30.3 Å². The van der Waals surface area contributed by atoms with Gasteiger partial charge in [0.1, 0.15) is 11.6 Å². The Balaban J connectivity index is 2.42. The third-order valence-corrected chi connectivity index (χ3v) is 3.99. The molecular weight excluding hydrogens is 363 g/mol. The third-order valence-electron chi connectivity index (χ3n) is 2.96. The zero-order valence-electron chi connectivity index (χ0n) is 12.0. The fourth-order valence-corrected chi connectivity index (χ4v) is 2.70. The first-order valence-electron chi connectivity index (χ1n) is 6.56. The molecule has 0 unspecified atom stereocenters. The average molecular weight is 382 g/mol. The quantitative estimate of drug-likeness (QED) is 0.808. The van der Waals surface area contributed by atoms with Crippen molar-refractivity contribution in [2.45, 2.75) is 6.42 Å². The molecule has 5 heteroatoms. The summed E-state index contributed by atoms with van der Waals surface area (Å²) in [6, 6.07) is 10.3. The van der Waals surface area contributed by atoms with Gasteiger partial charge in [0.2, 0.25) is 0 Å². The first kappa shape index (κ1) is 15.2. The van der Waals surface area contributed by atoms with Gasteiger partial charge in [0, 0.05) is 25.6 Å². The smallest absolute Gasteiger partial charge is 0.143 e. The van der Waals surface area contributed by atoms with Gasteiger partial charge in [-0.2, -0.15) is 0 Å². The summed E-state index contributed by atoms with van der Waals surface area (Å²) < 4.78 is 1.06. The lowest BCUT2D eigenvalue weighted by Crippen LogP contribution is -2.17. The zero-order valence-corrected chi connectivity index (χ0v) is 14.2. The van der Waals surface area contributed by atoms with Gasteiger partial charge < -0.3 is 10.2 Å². The van der Waals surface area contributed by atoms with Gasteiger partial charge >= 0.3 is 0 Å². The minimum absolute atomic E-state index is 0.846. The number of anilines is 1. The van der Waals surface area contributed by atoms with Crippen molar-refractivity contribution in [3.05, 3.63) is 39.7 Å². The number of halogens is 1. The van der Waals surface area contributed by atoms with E-state index in [2.05, 4.69) is 64.0 Å². The Hall–Kier alpha value is -1.21. The van der Waals surface area contributed by atoms with Gasteiger partial charge in [-0.05, 0) is 36.7 Å². The summed E-state index contributed by atoms with van der Waals surface area (Å²) in [5.74, 6) is 1.77. The van der Waals surface area contributed by atoms with E-state index in [0.29, 0.717) is 0 Å². The molecule has 0 atom stereocenters. The topological polar surface area (TPSA) is 41.1 Å². The summed E-state index contributed by atoms with van der Waals surface area (Å²) >= 11 is 2.31. The summed E-state index contributed by atoms with van der Waals surface area (Å²) in [5.41, 5.74) is 2.13. The molecule has 1 aromatic carbocycles. The average Bonchev–Trinajstić information content (AvgIpc) is 2.47. The molecule has 0 aliphatic heterocycles. The minimum atomic E-state index is 0.846. The number of hydrogen-bond donors (Lipinski definition) is 1. The van der Waals surface area contributed by atoms with Crippen LogP contribution >= 0.6 is 22.6 Å². The monoisotopic (exact) mass is 382 g/mol. The normalized spacial score (nSPS) is 10.8. The van der Waals surface area contributed by atoms with Crippen molar-refractivity contribution in [1.29, 1.82) is 0 Å². The Morgan fingerprint density at radius 1 is 1.15 bits per heavy atom. The molecule has 0 bridgehead atoms. The molecule has 0 saturated heterocycles. The Kier molecular flexibility index (Phi) is 5.31. The Morgan fingerprint density at radius 3 is 2.45 bits per heavy atom. The molecule has 0 spiro atoms. The van der Waals surface area contributed by atoms with Gasteiger partial charge in [-0.25, -0.2) is 9.97 Å². The molecule has 1 N–H and O–H groups in total. The van der Waals surface area contributed by atoms with E-state index in [9.17, 15) is 0 Å². The van der Waals surface area contributed by atoms with Crippen LogP contribution in [0.3, 0.4) is 0 Å². The van der Waals surface area contributed by atoms with Crippen molar-refractivity contribution in [2.24, 2.45) is 0 Å². The maximum absolute atomic E-state index is 4.74. The van der Waals surface area contributed by atoms with E-state index in [-0.39, 0.29) is 0 Å². The van der Waals surface area contributed by atoms with Crippen LogP contribution in [0, 0.1) is 3.57 Å². The lowest BCUT2D eigenvalue weighted by Gasteiger charge is -2.13. The summed E-state index contributed by atoms with van der Waals surface area (Å²) in [5, 5.41) is 3.16. The van der Waals surface area contributed by atoms with Crippen molar-refractivity contribution >= 4 is 28.4 Å². The van der Waals surface area contributed by atoms with Gasteiger partial charge in [-0.1, -0.05) is 30.3 Å². The molecule has 0 amide bonds. The number of rotatable bonds is 5. The van der Waals surface area contributed by atoms with Gasteiger partial charge in [-0.15, -0.1) is 0 Å². The highest BCUT2D eigenvalue weighted by atomic mass is 127. The summed E-state index contributed by atoms with van der Waals surface area (Å²) in [6.07, 6.45) is 0.846. The predicted molar refractivity (Wildman–Crippen MR) is 92.0 cm³/mol. The molecule has 1 aromatic heterocycles. The number of nitrogens with one attached hydrogen (secondary N) is 1. The molecule has 0 saturated carbocycles. The number of likely N-dealkylation sites (N-methyl/N-ethyl adjacent to an activating group) is 1. The van der Waals surface area contributed by atoms with Crippen LogP contribution in [-0.4, -0.2) is 42.6 Å². The standard InChI is InChI=1S/C15H19IN4/c1-17-15-13(16)14(11-7-5-4-6-8-11)18-12(19-15)9-10-20(2)3/h4-8H,9-10H2,1-3H3,(H,17,18,19). The first-order chi connectivity index (χ1) is 9.61. The van der Waals surface area contributed by atoms with Crippen LogP contribution < -0.4 is 5.32 Å². The largest absolute Gasteiger partial charge is 0.372 e. The molecule has 0 aliphatic rings. The van der Waals surface area contributed by atoms with Crippen molar-refractivity contribution in [3.63, 3.8) is 0 Å². The predicted octanol–water partition coefficient (Wildman–Crippen LogP) is 2.89. The second-order valence-electron chi connectivity index (χ2n) is 4.82. The molecule has 20 heavy (non-hydrogen) atoms. The highest BCUT2D eigenvalue weighted by molar-refractivity contribution is 14.1. The second kappa shape index (κ2) is 6.99. The molecule has 0 radical (unpaired) electrons. The minimum Gasteiger partial charge on any atom is -0.372 e. The number of nitrogens with zero attached hydrogens (tertiary/aromatic N) is 3. The fourth-order valence-electron chi connectivity index (χ4n) is 1.88. The van der Waals surface area contributed by atoms with Gasteiger partial charge in [0.05, 0.1) is 9.26 Å². The highest BCUT2D eigenvalue weighted by Crippen LogP contribution is 2.27. The van der Waals surface area contributed by atoms with E-state index in [1.165, 1.54) is 0 Å². The maximum atomic E-state index is 4.74. The number of hydrogen-bond acceptors (Lipinski definition) is 4. The van der Waals surface area contributed by atoms with E-state index in [1.807, 2.05) is 25.2 Å². The van der Waals surface area contributed by atoms with Crippen LogP contribution in [0.2, 0.25) is 0 Å². The maximum Gasteiger partial charge on any atom is 0.143 e. The van der Waals surface area contributed by atoms with Gasteiger partial charge in [-0.3, -0.25) is 0 Å². The number of benzene rings is 1. The Morgan fingerprint density at radius 2 is 1.85 bits per heavy atom. The molecule has 1 heterocycles. The lowest BCUT2D eigenvalue weighted by atomic mass is 10.1. The van der Waals surface area contributed by atoms with E-state index < -0.39 is 0 Å². The van der Waals surface area contributed by atoms with E-state index in [0.717, 1.165) is 39.4 Å². The molecule has 2 rings (SSSR count). The SMILES string of the molecule is CNc1nc(CCN(C)C)nc(-c2ccccc2)c1I. The van der Waals surface area contributed by atoms with E-state index in [1.54, 1.807) is 0 Å². The van der Waals surface area contributed by atoms with E-state index in [4.69, 9.17) is 4.98 Å². The molecule has 0 fully saturated rings. The first-order valence-corrected chi connectivity index (χ1v) is 7.64. The van der Waals surface area contributed by atoms with Crippen molar-refractivity contribution in [1.82, 2.24) is 14.9 Å². The molecule has 106 valence electrons. The van der Waals surface area contributed by atoms with E-state index >= 15 is 0 Å². The van der Waals surface area contributed by atoms with Crippen molar-refractivity contribution in [2.75, 3.05) is 33.0 Å². The zero-order chi connectivity index (χ0) is 14.5. The second-order valence-corrected chi connectivity index (χ2v) is 5.90. The lowest BCUT2D eigenvalue weighted by molar-refractivity contribution is 0.409. The molecule has 0 aliphatic carbocycles. The van der Waals surface area contributed by atoms with Crippen molar-refractivity contribution < 1.29 is 0 Å². The molecular formula is C15H19IN4. The van der Waals surface area contributed by atoms with Crippen LogP contribution in [0.25, 0.3) is 11.3 Å². The van der Waals surface area contributed by atoms with Gasteiger partial charge in [0.25, 0.3) is 0 Å². The number of aromatic nitrogens is 2. The van der Waals surface area contributed by atoms with Crippen molar-refractivity contribution in [3.8, 4) is 11.3 Å². The summed E-state index contributed by atoms with van der Waals surface area (Å²) in [7, 11) is 6.02. The van der Waals surface area contributed by atoms with Crippen LogP contribution in [0.4, 0.5) is 5.82 Å². The third kappa shape index (κ3) is 3.67. The summed E-state index contributed by atoms with van der Waals surface area (Å²) in [6.45, 7) is 0.942. The van der Waals surface area contributed by atoms with Gasteiger partial charge in [0.15, 0.2) is 0 Å². The van der Waals surface area contributed by atoms with Crippen LogP contribution in [0.1, 0.15) is 5.82 Å². The molecule has 2 aromatic rings. The highest BCUT2D eigenvalue weighted by Gasteiger charge is 2.13. The fraction of sp³-hybridized carbons (Fsp3) is 0.333.